The molecule has 1 saturated heterocycles. The Labute approximate surface area is 158 Å². The van der Waals surface area contributed by atoms with Crippen LogP contribution in [0, 0.1) is 5.41 Å². The fourth-order valence-electron chi connectivity index (χ4n) is 3.43. The summed E-state index contributed by atoms with van der Waals surface area (Å²) in [6.07, 6.45) is 8.04. The largest absolute Gasteiger partial charge is 0.359 e. The van der Waals surface area contributed by atoms with E-state index in [2.05, 4.69) is 15.5 Å². The first-order valence-electron chi connectivity index (χ1n) is 9.46. The summed E-state index contributed by atoms with van der Waals surface area (Å²) in [5.41, 5.74) is 0.286. The van der Waals surface area contributed by atoms with E-state index in [0.29, 0.717) is 38.4 Å². The Morgan fingerprint density at radius 2 is 2.26 bits per heavy atom. The van der Waals surface area contributed by atoms with Gasteiger partial charge in [-0.15, -0.1) is 0 Å². The van der Waals surface area contributed by atoms with Crippen LogP contribution < -0.4 is 5.32 Å². The van der Waals surface area contributed by atoms with E-state index >= 15 is 0 Å². The first-order valence-corrected chi connectivity index (χ1v) is 9.46. The third-order valence-corrected chi connectivity index (χ3v) is 5.13. The molecular weight excluding hydrogens is 346 g/mol. The van der Waals surface area contributed by atoms with Crippen LogP contribution in [0.25, 0.3) is 0 Å². The monoisotopic (exact) mass is 373 g/mol. The molecule has 0 saturated carbocycles. The number of imidazole rings is 1. The summed E-state index contributed by atoms with van der Waals surface area (Å²) < 4.78 is 7.10. The minimum absolute atomic E-state index is 0.0518. The highest BCUT2D eigenvalue weighted by Crippen LogP contribution is 2.30. The quantitative estimate of drug-likeness (QED) is 0.798. The number of amides is 2. The Kier molecular flexibility index (Phi) is 5.93. The zero-order valence-corrected chi connectivity index (χ0v) is 16.0. The minimum atomic E-state index is -0.587. The Balaban J connectivity index is 1.52. The molecule has 2 aromatic rings. The van der Waals surface area contributed by atoms with Crippen molar-refractivity contribution in [2.75, 3.05) is 13.1 Å². The van der Waals surface area contributed by atoms with E-state index in [9.17, 15) is 9.59 Å². The number of carbonyl (C=O) groups is 2. The van der Waals surface area contributed by atoms with Crippen LogP contribution in [0.1, 0.15) is 44.6 Å². The molecule has 1 N–H and O–H groups in total. The predicted octanol–water partition coefficient (Wildman–Crippen LogP) is 1.77. The SMILES string of the molecule is CCc1cc(CNC(=O)[C@@]2(C)CCCN(C(=O)CCn3ccnc3)C2)on1. The number of aryl methyl sites for hydroxylation is 2. The second-order valence-electron chi connectivity index (χ2n) is 7.35. The lowest BCUT2D eigenvalue weighted by atomic mass is 9.80. The molecule has 0 bridgehead atoms. The molecule has 27 heavy (non-hydrogen) atoms. The van der Waals surface area contributed by atoms with Crippen molar-refractivity contribution in [2.45, 2.75) is 52.6 Å². The molecule has 146 valence electrons. The maximum atomic E-state index is 12.8. The van der Waals surface area contributed by atoms with Crippen LogP contribution in [0.15, 0.2) is 29.3 Å². The second-order valence-corrected chi connectivity index (χ2v) is 7.35. The zero-order chi connectivity index (χ0) is 19.3. The Morgan fingerprint density at radius 3 is 2.96 bits per heavy atom. The third-order valence-electron chi connectivity index (χ3n) is 5.13. The number of hydrogen-bond acceptors (Lipinski definition) is 5. The van der Waals surface area contributed by atoms with Crippen LogP contribution in [0.5, 0.6) is 0 Å². The first kappa shape index (κ1) is 19.1. The Bertz CT molecular complexity index is 770. The summed E-state index contributed by atoms with van der Waals surface area (Å²) in [4.78, 5) is 31.1. The van der Waals surface area contributed by atoms with Gasteiger partial charge in [0.25, 0.3) is 0 Å². The van der Waals surface area contributed by atoms with E-state index < -0.39 is 5.41 Å². The van der Waals surface area contributed by atoms with Gasteiger partial charge in [-0.05, 0) is 26.2 Å². The van der Waals surface area contributed by atoms with Gasteiger partial charge in [0, 0.05) is 44.5 Å². The smallest absolute Gasteiger partial charge is 0.228 e. The lowest BCUT2D eigenvalue weighted by molar-refractivity contribution is -0.140. The lowest BCUT2D eigenvalue weighted by Gasteiger charge is -2.39. The number of piperidine rings is 1. The number of aromatic nitrogens is 3. The van der Waals surface area contributed by atoms with E-state index in [0.717, 1.165) is 25.0 Å². The van der Waals surface area contributed by atoms with Crippen molar-refractivity contribution in [3.63, 3.8) is 0 Å². The summed E-state index contributed by atoms with van der Waals surface area (Å²) in [5, 5.41) is 6.87. The molecule has 0 spiro atoms. The molecule has 2 amide bonds. The van der Waals surface area contributed by atoms with Gasteiger partial charge in [-0.3, -0.25) is 9.59 Å². The molecule has 3 heterocycles. The van der Waals surface area contributed by atoms with E-state index in [1.807, 2.05) is 35.6 Å². The van der Waals surface area contributed by atoms with Crippen molar-refractivity contribution in [3.8, 4) is 0 Å². The summed E-state index contributed by atoms with van der Waals surface area (Å²) in [7, 11) is 0. The number of nitrogens with zero attached hydrogens (tertiary/aromatic N) is 4. The van der Waals surface area contributed by atoms with Gasteiger partial charge in [0.2, 0.25) is 11.8 Å². The molecule has 8 nitrogen and oxygen atoms in total. The first-order chi connectivity index (χ1) is 13.0. The molecule has 3 rings (SSSR count). The number of hydrogen-bond donors (Lipinski definition) is 1. The minimum Gasteiger partial charge on any atom is -0.359 e. The summed E-state index contributed by atoms with van der Waals surface area (Å²) in [6.45, 7) is 5.99. The van der Waals surface area contributed by atoms with Crippen molar-refractivity contribution in [3.05, 3.63) is 36.2 Å². The Hall–Kier alpha value is -2.64. The zero-order valence-electron chi connectivity index (χ0n) is 16.0. The maximum Gasteiger partial charge on any atom is 0.228 e. The second kappa shape index (κ2) is 8.37. The number of carbonyl (C=O) groups excluding carboxylic acids is 2. The molecule has 1 aliphatic heterocycles. The van der Waals surface area contributed by atoms with Gasteiger partial charge < -0.3 is 19.3 Å². The molecule has 0 unspecified atom stereocenters. The van der Waals surface area contributed by atoms with Gasteiger partial charge in [-0.25, -0.2) is 4.98 Å². The molecule has 1 atom stereocenters. The van der Waals surface area contributed by atoms with Gasteiger partial charge in [-0.1, -0.05) is 12.1 Å². The number of nitrogens with one attached hydrogen (secondary N) is 1. The van der Waals surface area contributed by atoms with Crippen molar-refractivity contribution >= 4 is 11.8 Å². The van der Waals surface area contributed by atoms with Crippen LogP contribution in [0.2, 0.25) is 0 Å². The van der Waals surface area contributed by atoms with Gasteiger partial charge >= 0.3 is 0 Å². The molecule has 8 heteroatoms. The normalized spacial score (nSPS) is 19.9. The van der Waals surface area contributed by atoms with E-state index in [1.165, 1.54) is 0 Å². The number of rotatable bonds is 7. The van der Waals surface area contributed by atoms with Gasteiger partial charge in [0.05, 0.1) is 24.0 Å². The standard InChI is InChI=1S/C19H27N5O3/c1-3-15-11-16(27-22-15)12-21-18(26)19(2)6-4-8-24(13-19)17(25)5-9-23-10-7-20-14-23/h7,10-11,14H,3-6,8-9,12-13H2,1-2H3,(H,21,26)/t19-/m0/s1. The van der Waals surface area contributed by atoms with E-state index in [1.54, 1.807) is 12.5 Å². The Morgan fingerprint density at radius 1 is 1.41 bits per heavy atom. The summed E-state index contributed by atoms with van der Waals surface area (Å²) in [6, 6.07) is 1.86. The molecule has 1 aliphatic rings. The van der Waals surface area contributed by atoms with Gasteiger partial charge in [0.15, 0.2) is 5.76 Å². The highest BCUT2D eigenvalue weighted by atomic mass is 16.5. The van der Waals surface area contributed by atoms with Gasteiger partial charge in [-0.2, -0.15) is 0 Å². The maximum absolute atomic E-state index is 12.8. The summed E-state index contributed by atoms with van der Waals surface area (Å²) in [5.74, 6) is 0.669. The molecule has 2 aromatic heterocycles. The predicted molar refractivity (Wildman–Crippen MR) is 98.5 cm³/mol. The van der Waals surface area contributed by atoms with Crippen molar-refractivity contribution < 1.29 is 14.1 Å². The van der Waals surface area contributed by atoms with Crippen molar-refractivity contribution in [1.82, 2.24) is 24.9 Å². The number of likely N-dealkylation sites (tertiary alicyclic amines) is 1. The van der Waals surface area contributed by atoms with Crippen LogP contribution >= 0.6 is 0 Å². The average Bonchev–Trinajstić information content (AvgIpc) is 3.35. The molecule has 0 aliphatic carbocycles. The molecule has 1 fully saturated rings. The summed E-state index contributed by atoms with van der Waals surface area (Å²) >= 11 is 0. The highest BCUT2D eigenvalue weighted by molar-refractivity contribution is 5.84. The van der Waals surface area contributed by atoms with Crippen molar-refractivity contribution in [1.29, 1.82) is 0 Å². The van der Waals surface area contributed by atoms with Crippen LogP contribution in [0.3, 0.4) is 0 Å². The molecule has 0 radical (unpaired) electrons. The molecule has 0 aromatic carbocycles. The lowest BCUT2D eigenvalue weighted by Crippen LogP contribution is -2.51. The highest BCUT2D eigenvalue weighted by Gasteiger charge is 2.39. The van der Waals surface area contributed by atoms with Crippen molar-refractivity contribution in [2.24, 2.45) is 5.41 Å². The van der Waals surface area contributed by atoms with Crippen LogP contribution in [0.4, 0.5) is 0 Å². The van der Waals surface area contributed by atoms with Gasteiger partial charge in [0.1, 0.15) is 0 Å². The topological polar surface area (TPSA) is 93.3 Å². The van der Waals surface area contributed by atoms with Crippen LogP contribution in [-0.2, 0) is 29.1 Å². The fraction of sp³-hybridized carbons (Fsp3) is 0.579. The fourth-order valence-corrected chi connectivity index (χ4v) is 3.43. The average molecular weight is 373 g/mol. The third kappa shape index (κ3) is 4.75. The van der Waals surface area contributed by atoms with E-state index in [-0.39, 0.29) is 11.8 Å². The van der Waals surface area contributed by atoms with E-state index in [4.69, 9.17) is 4.52 Å². The molecular formula is C19H27N5O3. The van der Waals surface area contributed by atoms with Crippen LogP contribution in [-0.4, -0.2) is 44.5 Å².